The second kappa shape index (κ2) is 6.80. The topological polar surface area (TPSA) is 44.9 Å². The Balaban J connectivity index is 2.07. The third-order valence-electron chi connectivity index (χ3n) is 3.52. The van der Waals surface area contributed by atoms with Crippen molar-refractivity contribution >= 4 is 28.4 Å². The number of aromatic amines is 1. The molecular formula is C16H21ClN2O. The lowest BCUT2D eigenvalue weighted by Crippen LogP contribution is -2.26. The zero-order chi connectivity index (χ0) is 14.5. The number of halogens is 1. The molecule has 0 radical (unpaired) electrons. The van der Waals surface area contributed by atoms with Gasteiger partial charge in [0.2, 0.25) is 5.91 Å². The molecule has 0 saturated heterocycles. The van der Waals surface area contributed by atoms with Gasteiger partial charge in [0.1, 0.15) is 0 Å². The molecule has 0 aliphatic carbocycles. The highest BCUT2D eigenvalue weighted by atomic mass is 35.5. The van der Waals surface area contributed by atoms with Gasteiger partial charge in [0.05, 0.1) is 6.42 Å². The van der Waals surface area contributed by atoms with Crippen LogP contribution < -0.4 is 5.32 Å². The maximum absolute atomic E-state index is 12.0. The monoisotopic (exact) mass is 292 g/mol. The van der Waals surface area contributed by atoms with E-state index in [9.17, 15) is 4.79 Å². The predicted molar refractivity (Wildman–Crippen MR) is 84.3 cm³/mol. The number of carbonyl (C=O) groups excluding carboxylic acids is 1. The first-order valence-corrected chi connectivity index (χ1v) is 7.53. The molecule has 2 rings (SSSR count). The van der Waals surface area contributed by atoms with Crippen molar-refractivity contribution in [3.8, 4) is 0 Å². The summed E-state index contributed by atoms with van der Waals surface area (Å²) in [7, 11) is 0. The molecule has 1 amide bonds. The molecule has 20 heavy (non-hydrogen) atoms. The molecule has 0 aliphatic rings. The Morgan fingerprint density at radius 2 is 2.15 bits per heavy atom. The lowest BCUT2D eigenvalue weighted by atomic mass is 10.1. The van der Waals surface area contributed by atoms with E-state index in [2.05, 4.69) is 17.2 Å². The molecule has 0 atom stereocenters. The van der Waals surface area contributed by atoms with E-state index in [0.29, 0.717) is 11.4 Å². The van der Waals surface area contributed by atoms with Crippen LogP contribution in [0.15, 0.2) is 18.2 Å². The molecule has 0 unspecified atom stereocenters. The minimum atomic E-state index is 0.0741. The first-order valence-electron chi connectivity index (χ1n) is 7.15. The van der Waals surface area contributed by atoms with Gasteiger partial charge in [0.15, 0.2) is 0 Å². The first kappa shape index (κ1) is 14.9. The minimum absolute atomic E-state index is 0.0741. The van der Waals surface area contributed by atoms with Crippen LogP contribution in [0.5, 0.6) is 0 Å². The van der Waals surface area contributed by atoms with E-state index < -0.39 is 0 Å². The Labute approximate surface area is 124 Å². The van der Waals surface area contributed by atoms with Crippen molar-refractivity contribution in [2.75, 3.05) is 6.54 Å². The molecule has 0 fully saturated rings. The summed E-state index contributed by atoms with van der Waals surface area (Å²) in [5.74, 6) is 0.0741. The summed E-state index contributed by atoms with van der Waals surface area (Å²) in [6.45, 7) is 4.91. The molecule has 0 saturated carbocycles. The van der Waals surface area contributed by atoms with Gasteiger partial charge in [-0.1, -0.05) is 31.4 Å². The SMILES string of the molecule is CCCCCNC(=O)Cc1c(C)[nH]c2ccc(Cl)cc12. The standard InChI is InChI=1S/C16H21ClN2O/c1-3-4-5-8-18-16(20)10-13-11(2)19-15-7-6-12(17)9-14(13)15/h6-7,9,19H,3-5,8,10H2,1-2H3,(H,18,20). The smallest absolute Gasteiger partial charge is 0.224 e. The molecule has 1 aromatic heterocycles. The maximum Gasteiger partial charge on any atom is 0.224 e. The fourth-order valence-electron chi connectivity index (χ4n) is 2.41. The van der Waals surface area contributed by atoms with Crippen LogP contribution in [-0.4, -0.2) is 17.4 Å². The molecule has 0 bridgehead atoms. The van der Waals surface area contributed by atoms with E-state index in [1.807, 2.05) is 25.1 Å². The number of hydrogen-bond donors (Lipinski definition) is 2. The molecule has 0 spiro atoms. The molecule has 108 valence electrons. The molecule has 3 nitrogen and oxygen atoms in total. The molecule has 2 aromatic rings. The van der Waals surface area contributed by atoms with Crippen LogP contribution in [0.1, 0.15) is 37.4 Å². The van der Waals surface area contributed by atoms with Gasteiger partial charge in [0, 0.05) is 28.2 Å². The van der Waals surface area contributed by atoms with Gasteiger partial charge >= 0.3 is 0 Å². The fourth-order valence-corrected chi connectivity index (χ4v) is 2.58. The van der Waals surface area contributed by atoms with Gasteiger partial charge in [-0.2, -0.15) is 0 Å². The number of aryl methyl sites for hydroxylation is 1. The molecule has 4 heteroatoms. The van der Waals surface area contributed by atoms with Gasteiger partial charge in [-0.25, -0.2) is 0 Å². The molecule has 1 aromatic carbocycles. The van der Waals surface area contributed by atoms with Crippen molar-refractivity contribution in [3.05, 3.63) is 34.5 Å². The second-order valence-corrected chi connectivity index (χ2v) is 5.59. The van der Waals surface area contributed by atoms with Crippen molar-refractivity contribution in [2.45, 2.75) is 39.5 Å². The molecule has 1 heterocycles. The fraction of sp³-hybridized carbons (Fsp3) is 0.438. The van der Waals surface area contributed by atoms with E-state index in [0.717, 1.165) is 48.0 Å². The largest absolute Gasteiger partial charge is 0.358 e. The van der Waals surface area contributed by atoms with Crippen molar-refractivity contribution in [2.24, 2.45) is 0 Å². The van der Waals surface area contributed by atoms with Crippen molar-refractivity contribution in [1.82, 2.24) is 10.3 Å². The lowest BCUT2D eigenvalue weighted by molar-refractivity contribution is -0.120. The summed E-state index contributed by atoms with van der Waals surface area (Å²) in [6, 6.07) is 5.72. The first-order chi connectivity index (χ1) is 9.61. The molecule has 2 N–H and O–H groups in total. The Hall–Kier alpha value is -1.48. The summed E-state index contributed by atoms with van der Waals surface area (Å²) in [6.07, 6.45) is 3.76. The zero-order valence-corrected chi connectivity index (χ0v) is 12.8. The summed E-state index contributed by atoms with van der Waals surface area (Å²) in [5.41, 5.74) is 3.10. The maximum atomic E-state index is 12.0. The summed E-state index contributed by atoms with van der Waals surface area (Å²) >= 11 is 6.04. The normalized spacial score (nSPS) is 10.9. The number of nitrogens with one attached hydrogen (secondary N) is 2. The highest BCUT2D eigenvalue weighted by molar-refractivity contribution is 6.31. The zero-order valence-electron chi connectivity index (χ0n) is 12.1. The van der Waals surface area contributed by atoms with Crippen LogP contribution in [0.3, 0.4) is 0 Å². The highest BCUT2D eigenvalue weighted by Crippen LogP contribution is 2.25. The summed E-state index contributed by atoms with van der Waals surface area (Å²) in [5, 5.41) is 4.71. The second-order valence-electron chi connectivity index (χ2n) is 5.15. The van der Waals surface area contributed by atoms with E-state index in [1.165, 1.54) is 0 Å². The van der Waals surface area contributed by atoms with Crippen LogP contribution in [0.25, 0.3) is 10.9 Å². The van der Waals surface area contributed by atoms with Crippen LogP contribution in [0, 0.1) is 6.92 Å². The van der Waals surface area contributed by atoms with Gasteiger partial charge in [-0.15, -0.1) is 0 Å². The summed E-state index contributed by atoms with van der Waals surface area (Å²) < 4.78 is 0. The number of rotatable bonds is 6. The number of carbonyl (C=O) groups is 1. The van der Waals surface area contributed by atoms with Gasteiger partial charge in [-0.05, 0) is 37.1 Å². The Morgan fingerprint density at radius 3 is 2.90 bits per heavy atom. The van der Waals surface area contributed by atoms with E-state index in [1.54, 1.807) is 0 Å². The van der Waals surface area contributed by atoms with Gasteiger partial charge in [0.25, 0.3) is 0 Å². The number of amides is 1. The summed E-state index contributed by atoms with van der Waals surface area (Å²) in [4.78, 5) is 15.3. The van der Waals surface area contributed by atoms with Gasteiger partial charge in [-0.3, -0.25) is 4.79 Å². The number of benzene rings is 1. The lowest BCUT2D eigenvalue weighted by Gasteiger charge is -2.05. The average molecular weight is 293 g/mol. The minimum Gasteiger partial charge on any atom is -0.358 e. The molecular weight excluding hydrogens is 272 g/mol. The number of hydrogen-bond acceptors (Lipinski definition) is 1. The van der Waals surface area contributed by atoms with Gasteiger partial charge < -0.3 is 10.3 Å². The third-order valence-corrected chi connectivity index (χ3v) is 3.76. The van der Waals surface area contributed by atoms with Crippen LogP contribution in [-0.2, 0) is 11.2 Å². The number of H-pyrrole nitrogens is 1. The number of fused-ring (bicyclic) bond motifs is 1. The van der Waals surface area contributed by atoms with Crippen molar-refractivity contribution < 1.29 is 4.79 Å². The average Bonchev–Trinajstić information content (AvgIpc) is 2.71. The highest BCUT2D eigenvalue weighted by Gasteiger charge is 2.12. The molecule has 0 aliphatic heterocycles. The van der Waals surface area contributed by atoms with E-state index in [4.69, 9.17) is 11.6 Å². The van der Waals surface area contributed by atoms with Crippen LogP contribution in [0.2, 0.25) is 5.02 Å². The Bertz CT molecular complexity index is 604. The predicted octanol–water partition coefficient (Wildman–Crippen LogP) is 3.98. The van der Waals surface area contributed by atoms with E-state index >= 15 is 0 Å². The van der Waals surface area contributed by atoms with Crippen LogP contribution >= 0.6 is 11.6 Å². The van der Waals surface area contributed by atoms with Crippen LogP contribution in [0.4, 0.5) is 0 Å². The van der Waals surface area contributed by atoms with Crippen molar-refractivity contribution in [3.63, 3.8) is 0 Å². The third kappa shape index (κ3) is 3.54. The Morgan fingerprint density at radius 1 is 1.35 bits per heavy atom. The quantitative estimate of drug-likeness (QED) is 0.777. The Kier molecular flexibility index (Phi) is 5.07. The number of aromatic nitrogens is 1. The van der Waals surface area contributed by atoms with Crippen molar-refractivity contribution in [1.29, 1.82) is 0 Å². The number of unbranched alkanes of at least 4 members (excludes halogenated alkanes) is 2. The van der Waals surface area contributed by atoms with E-state index in [-0.39, 0.29) is 5.91 Å².